The Morgan fingerprint density at radius 3 is 2.64 bits per heavy atom. The first-order valence-electron chi connectivity index (χ1n) is 8.41. The highest BCUT2D eigenvalue weighted by molar-refractivity contribution is 5.77. The van der Waals surface area contributed by atoms with Crippen LogP contribution in [0.15, 0.2) is 65.7 Å². The number of aryl methyl sites for hydroxylation is 1. The van der Waals surface area contributed by atoms with Gasteiger partial charge in [0.25, 0.3) is 5.56 Å². The standard InChI is InChI=1S/C20H21N3O2/c1-15(16-7-3-2-4-8-16)13-21-19(24)11-12-23-14-22-18-10-6-5-9-17(18)20(23)25/h2-10,14-15H,11-13H2,1H3,(H,21,24)/t15-/m0/s1. The minimum Gasteiger partial charge on any atom is -0.355 e. The molecule has 0 aliphatic heterocycles. The average Bonchev–Trinajstić information content (AvgIpc) is 2.66. The summed E-state index contributed by atoms with van der Waals surface area (Å²) < 4.78 is 1.49. The lowest BCUT2D eigenvalue weighted by Crippen LogP contribution is -2.30. The Kier molecular flexibility index (Phi) is 5.23. The van der Waals surface area contributed by atoms with Gasteiger partial charge in [0.2, 0.25) is 5.91 Å². The van der Waals surface area contributed by atoms with Crippen molar-refractivity contribution in [3.8, 4) is 0 Å². The van der Waals surface area contributed by atoms with E-state index < -0.39 is 0 Å². The molecule has 0 saturated heterocycles. The van der Waals surface area contributed by atoms with Crippen LogP contribution in [0.2, 0.25) is 0 Å². The molecule has 1 heterocycles. The Morgan fingerprint density at radius 2 is 1.84 bits per heavy atom. The molecule has 2 aromatic carbocycles. The molecule has 0 unspecified atom stereocenters. The van der Waals surface area contributed by atoms with Gasteiger partial charge in [-0.3, -0.25) is 14.2 Å². The van der Waals surface area contributed by atoms with Gasteiger partial charge < -0.3 is 5.32 Å². The first-order valence-corrected chi connectivity index (χ1v) is 8.41. The van der Waals surface area contributed by atoms with Crippen LogP contribution in [0.1, 0.15) is 24.8 Å². The van der Waals surface area contributed by atoms with E-state index in [0.29, 0.717) is 24.0 Å². The summed E-state index contributed by atoms with van der Waals surface area (Å²) >= 11 is 0. The summed E-state index contributed by atoms with van der Waals surface area (Å²) in [5, 5.41) is 3.51. The van der Waals surface area contributed by atoms with Gasteiger partial charge in [-0.2, -0.15) is 0 Å². The molecule has 0 radical (unpaired) electrons. The lowest BCUT2D eigenvalue weighted by Gasteiger charge is -2.13. The third-order valence-corrected chi connectivity index (χ3v) is 4.29. The molecule has 5 nitrogen and oxygen atoms in total. The Hall–Kier alpha value is -2.95. The Balaban J connectivity index is 1.56. The Labute approximate surface area is 146 Å². The molecule has 3 aromatic rings. The van der Waals surface area contributed by atoms with E-state index in [4.69, 9.17) is 0 Å². The molecule has 1 amide bonds. The van der Waals surface area contributed by atoms with Gasteiger partial charge in [-0.1, -0.05) is 49.4 Å². The molecular formula is C20H21N3O2. The van der Waals surface area contributed by atoms with Crippen molar-refractivity contribution in [3.63, 3.8) is 0 Å². The first-order chi connectivity index (χ1) is 12.1. The average molecular weight is 335 g/mol. The Bertz CT molecular complexity index is 919. The molecule has 0 spiro atoms. The highest BCUT2D eigenvalue weighted by Gasteiger charge is 2.09. The smallest absolute Gasteiger partial charge is 0.261 e. The summed E-state index contributed by atoms with van der Waals surface area (Å²) in [7, 11) is 0. The summed E-state index contributed by atoms with van der Waals surface area (Å²) in [4.78, 5) is 28.7. The molecule has 1 atom stereocenters. The number of benzene rings is 2. The maximum Gasteiger partial charge on any atom is 0.261 e. The second-order valence-electron chi connectivity index (χ2n) is 6.13. The molecule has 0 aliphatic rings. The molecule has 5 heteroatoms. The fourth-order valence-electron chi connectivity index (χ4n) is 2.74. The van der Waals surface area contributed by atoms with Gasteiger partial charge in [0, 0.05) is 19.5 Å². The van der Waals surface area contributed by atoms with E-state index in [9.17, 15) is 9.59 Å². The number of carbonyl (C=O) groups is 1. The number of hydrogen-bond donors (Lipinski definition) is 1. The molecule has 25 heavy (non-hydrogen) atoms. The van der Waals surface area contributed by atoms with Crippen LogP contribution in [-0.2, 0) is 11.3 Å². The molecule has 0 saturated carbocycles. The van der Waals surface area contributed by atoms with Crippen molar-refractivity contribution in [2.75, 3.05) is 6.54 Å². The minimum atomic E-state index is -0.115. The van der Waals surface area contributed by atoms with Crippen molar-refractivity contribution in [2.45, 2.75) is 25.8 Å². The molecule has 128 valence electrons. The van der Waals surface area contributed by atoms with Crippen LogP contribution in [0.25, 0.3) is 10.9 Å². The third kappa shape index (κ3) is 4.12. The number of amides is 1. The van der Waals surface area contributed by atoms with E-state index in [1.807, 2.05) is 30.3 Å². The number of hydrogen-bond acceptors (Lipinski definition) is 3. The second-order valence-corrected chi connectivity index (χ2v) is 6.13. The number of nitrogens with zero attached hydrogens (tertiary/aromatic N) is 2. The second kappa shape index (κ2) is 7.75. The topological polar surface area (TPSA) is 64.0 Å². The van der Waals surface area contributed by atoms with E-state index in [1.165, 1.54) is 16.5 Å². The van der Waals surface area contributed by atoms with Crippen molar-refractivity contribution < 1.29 is 4.79 Å². The number of nitrogens with one attached hydrogen (secondary N) is 1. The van der Waals surface area contributed by atoms with Crippen molar-refractivity contribution in [1.29, 1.82) is 0 Å². The van der Waals surface area contributed by atoms with E-state index >= 15 is 0 Å². The first kappa shape index (κ1) is 16.9. The van der Waals surface area contributed by atoms with Gasteiger partial charge in [0.15, 0.2) is 0 Å². The van der Waals surface area contributed by atoms with Gasteiger partial charge in [-0.05, 0) is 23.6 Å². The van der Waals surface area contributed by atoms with Crippen LogP contribution in [0, 0.1) is 0 Å². The van der Waals surface area contributed by atoms with Crippen LogP contribution >= 0.6 is 0 Å². The predicted molar refractivity (Wildman–Crippen MR) is 98.5 cm³/mol. The van der Waals surface area contributed by atoms with Crippen LogP contribution < -0.4 is 10.9 Å². The minimum absolute atomic E-state index is 0.0668. The molecule has 1 N–H and O–H groups in total. The van der Waals surface area contributed by atoms with Crippen LogP contribution in [0.4, 0.5) is 0 Å². The van der Waals surface area contributed by atoms with Crippen molar-refractivity contribution >= 4 is 16.8 Å². The van der Waals surface area contributed by atoms with Gasteiger partial charge in [-0.25, -0.2) is 4.98 Å². The summed E-state index contributed by atoms with van der Waals surface area (Å²) in [6, 6.07) is 17.3. The third-order valence-electron chi connectivity index (χ3n) is 4.29. The molecule has 0 fully saturated rings. The van der Waals surface area contributed by atoms with Crippen LogP contribution in [0.5, 0.6) is 0 Å². The van der Waals surface area contributed by atoms with Gasteiger partial charge in [-0.15, -0.1) is 0 Å². The van der Waals surface area contributed by atoms with Crippen molar-refractivity contribution in [1.82, 2.24) is 14.9 Å². The Morgan fingerprint density at radius 1 is 1.12 bits per heavy atom. The van der Waals surface area contributed by atoms with Crippen LogP contribution in [-0.4, -0.2) is 22.0 Å². The quantitative estimate of drug-likeness (QED) is 0.753. The van der Waals surface area contributed by atoms with Crippen molar-refractivity contribution in [2.24, 2.45) is 0 Å². The lowest BCUT2D eigenvalue weighted by molar-refractivity contribution is -0.121. The number of aromatic nitrogens is 2. The fraction of sp³-hybridized carbons (Fsp3) is 0.250. The van der Waals surface area contributed by atoms with Gasteiger partial charge in [0.1, 0.15) is 0 Å². The van der Waals surface area contributed by atoms with E-state index in [1.54, 1.807) is 12.1 Å². The maximum absolute atomic E-state index is 12.4. The normalized spacial score (nSPS) is 12.0. The SMILES string of the molecule is C[C@@H](CNC(=O)CCn1cnc2ccccc2c1=O)c1ccccc1. The summed E-state index contributed by atoms with van der Waals surface area (Å²) in [6.07, 6.45) is 1.76. The van der Waals surface area contributed by atoms with E-state index in [2.05, 4.69) is 29.4 Å². The zero-order chi connectivity index (χ0) is 17.6. The van der Waals surface area contributed by atoms with Gasteiger partial charge in [0.05, 0.1) is 17.2 Å². The number of fused-ring (bicyclic) bond motifs is 1. The zero-order valence-corrected chi connectivity index (χ0v) is 14.2. The molecule has 0 aliphatic carbocycles. The molecular weight excluding hydrogens is 314 g/mol. The summed E-state index contributed by atoms with van der Waals surface area (Å²) in [6.45, 7) is 2.98. The number of rotatable bonds is 6. The highest BCUT2D eigenvalue weighted by atomic mass is 16.1. The summed E-state index contributed by atoms with van der Waals surface area (Å²) in [5.74, 6) is 0.179. The maximum atomic E-state index is 12.4. The number of carbonyl (C=O) groups excluding carboxylic acids is 1. The summed E-state index contributed by atoms with van der Waals surface area (Å²) in [5.41, 5.74) is 1.75. The largest absolute Gasteiger partial charge is 0.355 e. The number of para-hydroxylation sites is 1. The lowest BCUT2D eigenvalue weighted by atomic mass is 10.0. The zero-order valence-electron chi connectivity index (χ0n) is 14.2. The molecule has 1 aromatic heterocycles. The van der Waals surface area contributed by atoms with Crippen LogP contribution in [0.3, 0.4) is 0 Å². The van der Waals surface area contributed by atoms with Crippen molar-refractivity contribution in [3.05, 3.63) is 76.8 Å². The monoisotopic (exact) mass is 335 g/mol. The predicted octanol–water partition coefficient (Wildman–Crippen LogP) is 2.71. The molecule has 3 rings (SSSR count). The van der Waals surface area contributed by atoms with E-state index in [-0.39, 0.29) is 23.8 Å². The highest BCUT2D eigenvalue weighted by Crippen LogP contribution is 2.13. The fourth-order valence-corrected chi connectivity index (χ4v) is 2.74. The molecule has 0 bridgehead atoms. The van der Waals surface area contributed by atoms with Gasteiger partial charge >= 0.3 is 0 Å². The van der Waals surface area contributed by atoms with E-state index in [0.717, 1.165) is 0 Å².